The standard InChI is InChI=1S/C13H20N6OS/c1-4-10-7-16-12(21-10)5-6-15-13(14-3)17-8-11-18-9(2)19-20-11/h7H,4-6,8H2,1-3H3,(H2,14,15,17). The zero-order chi connectivity index (χ0) is 15.1. The Morgan fingerprint density at radius 1 is 1.43 bits per heavy atom. The molecule has 0 saturated carbocycles. The van der Waals surface area contributed by atoms with Crippen LogP contribution in [-0.2, 0) is 19.4 Å². The Hall–Kier alpha value is -1.96. The van der Waals surface area contributed by atoms with Crippen molar-refractivity contribution in [2.75, 3.05) is 13.6 Å². The molecule has 0 radical (unpaired) electrons. The van der Waals surface area contributed by atoms with Crippen molar-refractivity contribution in [3.05, 3.63) is 27.8 Å². The van der Waals surface area contributed by atoms with Crippen molar-refractivity contribution in [2.45, 2.75) is 33.2 Å². The van der Waals surface area contributed by atoms with Gasteiger partial charge in [0, 0.05) is 31.1 Å². The van der Waals surface area contributed by atoms with E-state index >= 15 is 0 Å². The number of rotatable bonds is 6. The molecule has 8 heteroatoms. The Morgan fingerprint density at radius 3 is 2.90 bits per heavy atom. The van der Waals surface area contributed by atoms with E-state index in [1.807, 2.05) is 6.20 Å². The van der Waals surface area contributed by atoms with Crippen molar-refractivity contribution in [1.29, 1.82) is 0 Å². The topological polar surface area (TPSA) is 88.2 Å². The quantitative estimate of drug-likeness (QED) is 0.618. The largest absolute Gasteiger partial charge is 0.356 e. The molecule has 2 N–H and O–H groups in total. The van der Waals surface area contributed by atoms with Crippen LogP contribution in [0.4, 0.5) is 0 Å². The van der Waals surface area contributed by atoms with Crippen LogP contribution in [0, 0.1) is 6.92 Å². The summed E-state index contributed by atoms with van der Waals surface area (Å²) in [5.41, 5.74) is 0. The molecule has 0 amide bonds. The van der Waals surface area contributed by atoms with E-state index in [1.165, 1.54) is 4.88 Å². The number of aryl methyl sites for hydroxylation is 2. The third-order valence-corrected chi connectivity index (χ3v) is 3.98. The summed E-state index contributed by atoms with van der Waals surface area (Å²) in [6, 6.07) is 0. The van der Waals surface area contributed by atoms with Crippen molar-refractivity contribution < 1.29 is 4.52 Å². The first-order chi connectivity index (χ1) is 10.2. The lowest BCUT2D eigenvalue weighted by Gasteiger charge is -2.09. The van der Waals surface area contributed by atoms with Gasteiger partial charge in [0.15, 0.2) is 11.8 Å². The Morgan fingerprint density at radius 2 is 2.29 bits per heavy atom. The van der Waals surface area contributed by atoms with Crippen LogP contribution in [0.3, 0.4) is 0 Å². The van der Waals surface area contributed by atoms with Crippen LogP contribution in [0.1, 0.15) is 28.5 Å². The van der Waals surface area contributed by atoms with Crippen molar-refractivity contribution in [3.8, 4) is 0 Å². The molecule has 0 atom stereocenters. The average molecular weight is 308 g/mol. The highest BCUT2D eigenvalue weighted by atomic mass is 32.1. The van der Waals surface area contributed by atoms with Crippen molar-refractivity contribution >= 4 is 17.3 Å². The number of aromatic nitrogens is 3. The predicted octanol–water partition coefficient (Wildman–Crippen LogP) is 1.30. The molecule has 2 aromatic rings. The highest BCUT2D eigenvalue weighted by Crippen LogP contribution is 2.13. The van der Waals surface area contributed by atoms with E-state index in [4.69, 9.17) is 4.52 Å². The Balaban J connectivity index is 1.72. The fourth-order valence-corrected chi connectivity index (χ4v) is 2.57. The molecule has 0 aliphatic rings. The highest BCUT2D eigenvalue weighted by Gasteiger charge is 2.05. The molecule has 2 rings (SSSR count). The number of hydrogen-bond donors (Lipinski definition) is 2. The highest BCUT2D eigenvalue weighted by molar-refractivity contribution is 7.11. The van der Waals surface area contributed by atoms with E-state index in [0.717, 1.165) is 24.4 Å². The lowest BCUT2D eigenvalue weighted by Crippen LogP contribution is -2.37. The first kappa shape index (κ1) is 15.4. The molecule has 0 aliphatic carbocycles. The number of nitrogens with zero attached hydrogens (tertiary/aromatic N) is 4. The summed E-state index contributed by atoms with van der Waals surface area (Å²) < 4.78 is 5.03. The molecule has 0 unspecified atom stereocenters. The second kappa shape index (κ2) is 7.72. The Kier molecular flexibility index (Phi) is 5.68. The van der Waals surface area contributed by atoms with Gasteiger partial charge in [0.2, 0.25) is 5.89 Å². The normalized spacial score (nSPS) is 11.7. The summed E-state index contributed by atoms with van der Waals surface area (Å²) in [5, 5.41) is 11.2. The molecule has 0 spiro atoms. The van der Waals surface area contributed by atoms with Crippen LogP contribution in [0.2, 0.25) is 0 Å². The van der Waals surface area contributed by atoms with Crippen LogP contribution in [-0.4, -0.2) is 34.7 Å². The first-order valence-electron chi connectivity index (χ1n) is 6.88. The van der Waals surface area contributed by atoms with Gasteiger partial charge < -0.3 is 15.2 Å². The molecular weight excluding hydrogens is 288 g/mol. The third-order valence-electron chi connectivity index (χ3n) is 2.78. The number of hydrogen-bond acceptors (Lipinski definition) is 6. The minimum absolute atomic E-state index is 0.456. The monoisotopic (exact) mass is 308 g/mol. The zero-order valence-corrected chi connectivity index (χ0v) is 13.3. The van der Waals surface area contributed by atoms with E-state index < -0.39 is 0 Å². The van der Waals surface area contributed by atoms with Gasteiger partial charge in [-0.3, -0.25) is 4.99 Å². The summed E-state index contributed by atoms with van der Waals surface area (Å²) in [5.74, 6) is 1.88. The first-order valence-corrected chi connectivity index (χ1v) is 7.70. The zero-order valence-electron chi connectivity index (χ0n) is 12.5. The van der Waals surface area contributed by atoms with Gasteiger partial charge in [0.1, 0.15) is 0 Å². The molecule has 0 aliphatic heterocycles. The van der Waals surface area contributed by atoms with E-state index in [1.54, 1.807) is 25.3 Å². The summed E-state index contributed by atoms with van der Waals surface area (Å²) in [4.78, 5) is 14.0. The van der Waals surface area contributed by atoms with Crippen LogP contribution in [0.15, 0.2) is 15.7 Å². The number of thiazole rings is 1. The van der Waals surface area contributed by atoms with E-state index in [0.29, 0.717) is 24.2 Å². The third kappa shape index (κ3) is 4.82. The van der Waals surface area contributed by atoms with Gasteiger partial charge in [0.25, 0.3) is 0 Å². The Labute approximate surface area is 127 Å². The van der Waals surface area contributed by atoms with Crippen molar-refractivity contribution in [1.82, 2.24) is 25.8 Å². The van der Waals surface area contributed by atoms with E-state index in [-0.39, 0.29) is 0 Å². The predicted molar refractivity (Wildman–Crippen MR) is 82.4 cm³/mol. The smallest absolute Gasteiger partial charge is 0.246 e. The van der Waals surface area contributed by atoms with Gasteiger partial charge in [-0.25, -0.2) is 4.98 Å². The molecule has 2 heterocycles. The maximum atomic E-state index is 5.03. The van der Waals surface area contributed by atoms with E-state index in [2.05, 4.69) is 37.7 Å². The summed E-state index contributed by atoms with van der Waals surface area (Å²) in [6.07, 6.45) is 3.87. The number of aliphatic imine (C=N–C) groups is 1. The molecule has 7 nitrogen and oxygen atoms in total. The number of guanidine groups is 1. The van der Waals surface area contributed by atoms with Crippen LogP contribution in [0.5, 0.6) is 0 Å². The van der Waals surface area contributed by atoms with Gasteiger partial charge in [-0.05, 0) is 13.3 Å². The molecule has 0 aromatic carbocycles. The minimum atomic E-state index is 0.456. The fourth-order valence-electron chi connectivity index (χ4n) is 1.71. The second-order valence-corrected chi connectivity index (χ2v) is 5.61. The minimum Gasteiger partial charge on any atom is -0.356 e. The maximum absolute atomic E-state index is 5.03. The second-order valence-electron chi connectivity index (χ2n) is 4.41. The lowest BCUT2D eigenvalue weighted by molar-refractivity contribution is 0.371. The molecule has 0 fully saturated rings. The molecule has 114 valence electrons. The van der Waals surface area contributed by atoms with Gasteiger partial charge >= 0.3 is 0 Å². The molecule has 21 heavy (non-hydrogen) atoms. The average Bonchev–Trinajstić information content (AvgIpc) is 3.11. The number of nitrogens with one attached hydrogen (secondary N) is 2. The summed E-state index contributed by atoms with van der Waals surface area (Å²) >= 11 is 1.76. The van der Waals surface area contributed by atoms with E-state index in [9.17, 15) is 0 Å². The molecular formula is C13H20N6OS. The Bertz CT molecular complexity index is 591. The lowest BCUT2D eigenvalue weighted by atomic mass is 10.4. The van der Waals surface area contributed by atoms with Gasteiger partial charge in [0.05, 0.1) is 11.6 Å². The van der Waals surface area contributed by atoms with Gasteiger partial charge in [-0.2, -0.15) is 4.98 Å². The maximum Gasteiger partial charge on any atom is 0.246 e. The summed E-state index contributed by atoms with van der Waals surface area (Å²) in [6.45, 7) is 5.16. The van der Waals surface area contributed by atoms with Crippen molar-refractivity contribution in [2.24, 2.45) is 4.99 Å². The van der Waals surface area contributed by atoms with Gasteiger partial charge in [-0.15, -0.1) is 11.3 Å². The molecule has 0 saturated heterocycles. The van der Waals surface area contributed by atoms with Crippen LogP contribution in [0.25, 0.3) is 0 Å². The van der Waals surface area contributed by atoms with Crippen LogP contribution < -0.4 is 10.6 Å². The molecule has 0 bridgehead atoms. The summed E-state index contributed by atoms with van der Waals surface area (Å²) in [7, 11) is 1.73. The van der Waals surface area contributed by atoms with Crippen LogP contribution >= 0.6 is 11.3 Å². The molecule has 2 aromatic heterocycles. The van der Waals surface area contributed by atoms with Gasteiger partial charge in [-0.1, -0.05) is 12.1 Å². The fraction of sp³-hybridized carbons (Fsp3) is 0.538. The SMILES string of the molecule is CCc1cnc(CCNC(=NC)NCc2nc(C)no2)s1. The van der Waals surface area contributed by atoms with Crippen molar-refractivity contribution in [3.63, 3.8) is 0 Å².